The predicted molar refractivity (Wildman–Crippen MR) is 94.1 cm³/mol. The molecule has 6 heteroatoms. The molecule has 0 atom stereocenters. The summed E-state index contributed by atoms with van der Waals surface area (Å²) in [5.41, 5.74) is 7.42. The first-order valence-electron chi connectivity index (χ1n) is 6.29. The average molecular weight is 417 g/mol. The number of nitrogen functional groups attached to an aromatic ring is 1. The maximum atomic E-state index is 12.3. The molecule has 2 aromatic rings. The van der Waals surface area contributed by atoms with Gasteiger partial charge in [0.2, 0.25) is 0 Å². The Hall–Kier alpha value is -1.47. The summed E-state index contributed by atoms with van der Waals surface area (Å²) in [6, 6.07) is 10.2. The zero-order chi connectivity index (χ0) is 15.4. The Morgan fingerprint density at radius 3 is 2.76 bits per heavy atom. The van der Waals surface area contributed by atoms with E-state index in [4.69, 9.17) is 22.1 Å². The topological polar surface area (TPSA) is 64.3 Å². The van der Waals surface area contributed by atoms with E-state index in [0.717, 1.165) is 3.57 Å². The van der Waals surface area contributed by atoms with Crippen molar-refractivity contribution in [2.45, 2.75) is 6.92 Å². The first kappa shape index (κ1) is 15.9. The summed E-state index contributed by atoms with van der Waals surface area (Å²) in [4.78, 5) is 12.3. The molecule has 0 unspecified atom stereocenters. The molecule has 0 aliphatic rings. The number of benzene rings is 2. The SMILES string of the molecule is CCOc1cc(N)cc(C(=O)Nc2ccc(Cl)cc2I)c1. The Morgan fingerprint density at radius 1 is 1.33 bits per heavy atom. The van der Waals surface area contributed by atoms with Crippen LogP contribution in [0.2, 0.25) is 5.02 Å². The monoisotopic (exact) mass is 416 g/mol. The summed E-state index contributed by atoms with van der Waals surface area (Å²) < 4.78 is 6.25. The number of hydrogen-bond donors (Lipinski definition) is 2. The zero-order valence-corrected chi connectivity index (χ0v) is 14.2. The second-order valence-electron chi connectivity index (χ2n) is 4.30. The number of nitrogens with two attached hydrogens (primary N) is 1. The molecule has 0 aromatic heterocycles. The third-order valence-corrected chi connectivity index (χ3v) is 3.81. The summed E-state index contributed by atoms with van der Waals surface area (Å²) in [7, 11) is 0. The highest BCUT2D eigenvalue weighted by molar-refractivity contribution is 14.1. The van der Waals surface area contributed by atoms with E-state index < -0.39 is 0 Å². The number of hydrogen-bond acceptors (Lipinski definition) is 3. The molecule has 0 aliphatic heterocycles. The van der Waals surface area contributed by atoms with E-state index in [0.29, 0.717) is 34.3 Å². The van der Waals surface area contributed by atoms with Crippen LogP contribution < -0.4 is 15.8 Å². The lowest BCUT2D eigenvalue weighted by Gasteiger charge is -2.10. The Morgan fingerprint density at radius 2 is 2.10 bits per heavy atom. The van der Waals surface area contributed by atoms with Gasteiger partial charge in [-0.1, -0.05) is 11.6 Å². The van der Waals surface area contributed by atoms with E-state index in [1.54, 1.807) is 36.4 Å². The predicted octanol–water partition coefficient (Wildman–Crippen LogP) is 4.18. The molecule has 4 nitrogen and oxygen atoms in total. The van der Waals surface area contributed by atoms with Gasteiger partial charge in [0.1, 0.15) is 5.75 Å². The van der Waals surface area contributed by atoms with E-state index in [1.807, 2.05) is 6.92 Å². The quantitative estimate of drug-likeness (QED) is 0.580. The molecular weight excluding hydrogens is 403 g/mol. The van der Waals surface area contributed by atoms with E-state index in [9.17, 15) is 4.79 Å². The fourth-order valence-corrected chi connectivity index (χ4v) is 2.79. The molecule has 1 amide bonds. The molecule has 0 saturated heterocycles. The van der Waals surface area contributed by atoms with Crippen LogP contribution in [0, 0.1) is 3.57 Å². The number of amides is 1. The van der Waals surface area contributed by atoms with Crippen molar-refractivity contribution in [1.82, 2.24) is 0 Å². The Kier molecular flexibility index (Phi) is 5.30. The highest BCUT2D eigenvalue weighted by Gasteiger charge is 2.11. The Labute approximate surface area is 141 Å². The molecule has 0 spiro atoms. The van der Waals surface area contributed by atoms with Crippen LogP contribution in [0.5, 0.6) is 5.75 Å². The molecule has 2 aromatic carbocycles. The van der Waals surface area contributed by atoms with Gasteiger partial charge in [0, 0.05) is 25.9 Å². The van der Waals surface area contributed by atoms with Crippen molar-refractivity contribution in [3.63, 3.8) is 0 Å². The maximum Gasteiger partial charge on any atom is 0.255 e. The van der Waals surface area contributed by atoms with Crippen molar-refractivity contribution in [2.24, 2.45) is 0 Å². The maximum absolute atomic E-state index is 12.3. The summed E-state index contributed by atoms with van der Waals surface area (Å²) >= 11 is 8.01. The molecule has 0 radical (unpaired) electrons. The van der Waals surface area contributed by atoms with Gasteiger partial charge in [-0.05, 0) is 59.8 Å². The molecule has 110 valence electrons. The van der Waals surface area contributed by atoms with Crippen LogP contribution in [0.25, 0.3) is 0 Å². The fraction of sp³-hybridized carbons (Fsp3) is 0.133. The van der Waals surface area contributed by atoms with Crippen molar-refractivity contribution >= 4 is 51.5 Å². The van der Waals surface area contributed by atoms with E-state index >= 15 is 0 Å². The van der Waals surface area contributed by atoms with Gasteiger partial charge in [-0.3, -0.25) is 4.79 Å². The van der Waals surface area contributed by atoms with Crippen molar-refractivity contribution < 1.29 is 9.53 Å². The summed E-state index contributed by atoms with van der Waals surface area (Å²) in [6.07, 6.45) is 0. The minimum absolute atomic E-state index is 0.247. The molecule has 0 aliphatic carbocycles. The molecule has 21 heavy (non-hydrogen) atoms. The number of carbonyl (C=O) groups is 1. The molecule has 0 heterocycles. The van der Waals surface area contributed by atoms with Crippen molar-refractivity contribution in [2.75, 3.05) is 17.7 Å². The van der Waals surface area contributed by atoms with Crippen LogP contribution >= 0.6 is 34.2 Å². The van der Waals surface area contributed by atoms with Gasteiger partial charge < -0.3 is 15.8 Å². The van der Waals surface area contributed by atoms with Crippen LogP contribution in [-0.4, -0.2) is 12.5 Å². The number of nitrogens with one attached hydrogen (secondary N) is 1. The molecule has 0 bridgehead atoms. The number of carbonyl (C=O) groups excluding carboxylic acids is 1. The Balaban J connectivity index is 2.23. The van der Waals surface area contributed by atoms with Crippen LogP contribution in [0.1, 0.15) is 17.3 Å². The molecule has 0 saturated carbocycles. The summed E-state index contributed by atoms with van der Waals surface area (Å²) in [5.74, 6) is 0.331. The van der Waals surface area contributed by atoms with Gasteiger partial charge in [0.15, 0.2) is 0 Å². The summed E-state index contributed by atoms with van der Waals surface area (Å²) in [6.45, 7) is 2.39. The highest BCUT2D eigenvalue weighted by atomic mass is 127. The van der Waals surface area contributed by atoms with Gasteiger partial charge in [-0.25, -0.2) is 0 Å². The van der Waals surface area contributed by atoms with Crippen LogP contribution in [0.15, 0.2) is 36.4 Å². The second kappa shape index (κ2) is 7.00. The average Bonchev–Trinajstić information content (AvgIpc) is 2.41. The van der Waals surface area contributed by atoms with Gasteiger partial charge in [0.25, 0.3) is 5.91 Å². The third kappa shape index (κ3) is 4.25. The largest absolute Gasteiger partial charge is 0.494 e. The minimum atomic E-state index is -0.247. The molecule has 3 N–H and O–H groups in total. The third-order valence-electron chi connectivity index (χ3n) is 2.68. The fourth-order valence-electron chi connectivity index (χ4n) is 1.79. The normalized spacial score (nSPS) is 10.2. The second-order valence-corrected chi connectivity index (χ2v) is 5.90. The zero-order valence-electron chi connectivity index (χ0n) is 11.3. The van der Waals surface area contributed by atoms with Gasteiger partial charge in [-0.2, -0.15) is 0 Å². The summed E-state index contributed by atoms with van der Waals surface area (Å²) in [5, 5.41) is 3.46. The highest BCUT2D eigenvalue weighted by Crippen LogP contribution is 2.24. The van der Waals surface area contributed by atoms with E-state index in [-0.39, 0.29) is 5.91 Å². The van der Waals surface area contributed by atoms with Crippen LogP contribution in [-0.2, 0) is 0 Å². The van der Waals surface area contributed by atoms with Crippen molar-refractivity contribution in [1.29, 1.82) is 0 Å². The molecule has 2 rings (SSSR count). The van der Waals surface area contributed by atoms with E-state index in [2.05, 4.69) is 27.9 Å². The van der Waals surface area contributed by atoms with Crippen molar-refractivity contribution in [3.8, 4) is 5.75 Å². The minimum Gasteiger partial charge on any atom is -0.494 e. The molecular formula is C15H14ClIN2O2. The lowest BCUT2D eigenvalue weighted by Crippen LogP contribution is -2.13. The molecule has 0 fully saturated rings. The van der Waals surface area contributed by atoms with Crippen LogP contribution in [0.4, 0.5) is 11.4 Å². The lowest BCUT2D eigenvalue weighted by molar-refractivity contribution is 0.102. The van der Waals surface area contributed by atoms with E-state index in [1.165, 1.54) is 0 Å². The standard InChI is InChI=1S/C15H14ClIN2O2/c1-2-21-12-6-9(5-11(18)8-12)15(20)19-14-4-3-10(16)7-13(14)17/h3-8H,2,18H2,1H3,(H,19,20). The van der Waals surface area contributed by atoms with Crippen LogP contribution in [0.3, 0.4) is 0 Å². The number of rotatable bonds is 4. The number of ether oxygens (including phenoxy) is 1. The first-order valence-corrected chi connectivity index (χ1v) is 7.75. The van der Waals surface area contributed by atoms with Crippen molar-refractivity contribution in [3.05, 3.63) is 50.6 Å². The first-order chi connectivity index (χ1) is 9.99. The van der Waals surface area contributed by atoms with Gasteiger partial charge in [-0.15, -0.1) is 0 Å². The smallest absolute Gasteiger partial charge is 0.255 e. The Bertz CT molecular complexity index is 677. The number of halogens is 2. The lowest BCUT2D eigenvalue weighted by atomic mass is 10.1. The van der Waals surface area contributed by atoms with Gasteiger partial charge >= 0.3 is 0 Å². The number of anilines is 2. The van der Waals surface area contributed by atoms with Gasteiger partial charge in [0.05, 0.1) is 12.3 Å².